The number of aliphatic hydroxyl groups excluding tert-OH is 1. The molecule has 0 aliphatic heterocycles. The maximum absolute atomic E-state index is 9.48. The minimum absolute atomic E-state index is 0.00995. The summed E-state index contributed by atoms with van der Waals surface area (Å²) in [5.41, 5.74) is 1.39. The summed E-state index contributed by atoms with van der Waals surface area (Å²) in [6.07, 6.45) is 4.53. The quantitative estimate of drug-likeness (QED) is 0.505. The summed E-state index contributed by atoms with van der Waals surface area (Å²) in [7, 11) is 0. The van der Waals surface area contributed by atoms with Gasteiger partial charge < -0.3 is 5.11 Å². The van der Waals surface area contributed by atoms with Gasteiger partial charge in [-0.15, -0.1) is 0 Å². The molecular formula is C9H14O. The SMILES string of the molecule is C=C1CC[C@@H]2[C@H](O)CC[C@H]12. The van der Waals surface area contributed by atoms with Gasteiger partial charge in [0.2, 0.25) is 0 Å². The third-order valence-corrected chi connectivity index (χ3v) is 3.11. The van der Waals surface area contributed by atoms with Crippen molar-refractivity contribution < 1.29 is 5.11 Å². The first-order valence-corrected chi connectivity index (χ1v) is 4.15. The van der Waals surface area contributed by atoms with E-state index in [1.54, 1.807) is 0 Å². The Balaban J connectivity index is 2.16. The number of aliphatic hydroxyl groups is 1. The zero-order chi connectivity index (χ0) is 7.14. The van der Waals surface area contributed by atoms with E-state index in [0.717, 1.165) is 12.8 Å². The van der Waals surface area contributed by atoms with Crippen molar-refractivity contribution in [3.63, 3.8) is 0 Å². The lowest BCUT2D eigenvalue weighted by Crippen LogP contribution is -2.13. The second kappa shape index (κ2) is 2.09. The summed E-state index contributed by atoms with van der Waals surface area (Å²) in [6, 6.07) is 0. The van der Waals surface area contributed by atoms with Gasteiger partial charge in [0.05, 0.1) is 6.10 Å². The molecule has 0 aromatic heterocycles. The van der Waals surface area contributed by atoms with E-state index in [4.69, 9.17) is 0 Å². The normalized spacial score (nSPS) is 46.1. The van der Waals surface area contributed by atoms with E-state index >= 15 is 0 Å². The molecule has 1 N–H and O–H groups in total. The van der Waals surface area contributed by atoms with Gasteiger partial charge >= 0.3 is 0 Å². The van der Waals surface area contributed by atoms with Crippen LogP contribution in [0.25, 0.3) is 0 Å². The Labute approximate surface area is 61.8 Å². The molecule has 10 heavy (non-hydrogen) atoms. The van der Waals surface area contributed by atoms with Crippen LogP contribution in [-0.4, -0.2) is 11.2 Å². The Bertz CT molecular complexity index is 162. The lowest BCUT2D eigenvalue weighted by atomic mass is 9.97. The molecule has 2 aliphatic rings. The lowest BCUT2D eigenvalue weighted by molar-refractivity contribution is 0.127. The van der Waals surface area contributed by atoms with Crippen LogP contribution in [-0.2, 0) is 0 Å². The van der Waals surface area contributed by atoms with Gasteiger partial charge in [-0.05, 0) is 37.5 Å². The molecule has 2 aliphatic carbocycles. The zero-order valence-electron chi connectivity index (χ0n) is 6.21. The summed E-state index contributed by atoms with van der Waals surface area (Å²) < 4.78 is 0. The molecular weight excluding hydrogens is 124 g/mol. The van der Waals surface area contributed by atoms with Crippen LogP contribution in [0.15, 0.2) is 12.2 Å². The fraction of sp³-hybridized carbons (Fsp3) is 0.778. The maximum Gasteiger partial charge on any atom is 0.0574 e. The molecule has 0 heterocycles. The van der Waals surface area contributed by atoms with Crippen molar-refractivity contribution >= 4 is 0 Å². The Morgan fingerprint density at radius 2 is 2.10 bits per heavy atom. The molecule has 2 saturated carbocycles. The molecule has 56 valence electrons. The lowest BCUT2D eigenvalue weighted by Gasteiger charge is -2.11. The molecule has 0 radical (unpaired) electrons. The molecule has 0 bridgehead atoms. The first-order valence-electron chi connectivity index (χ1n) is 4.15. The van der Waals surface area contributed by atoms with E-state index in [0.29, 0.717) is 11.8 Å². The van der Waals surface area contributed by atoms with Crippen molar-refractivity contribution in [1.29, 1.82) is 0 Å². The van der Waals surface area contributed by atoms with Crippen LogP contribution in [0, 0.1) is 11.8 Å². The molecule has 0 amide bonds. The molecule has 1 nitrogen and oxygen atoms in total. The van der Waals surface area contributed by atoms with Crippen molar-refractivity contribution in [2.24, 2.45) is 11.8 Å². The average Bonchev–Trinajstić information content (AvgIpc) is 2.41. The summed E-state index contributed by atoms with van der Waals surface area (Å²) >= 11 is 0. The summed E-state index contributed by atoms with van der Waals surface area (Å²) in [6.45, 7) is 4.02. The van der Waals surface area contributed by atoms with Gasteiger partial charge in [0.25, 0.3) is 0 Å². The average molecular weight is 138 g/mol. The standard InChI is InChI=1S/C9H14O/c1-6-2-3-8-7(6)4-5-9(8)10/h7-10H,1-5H2/t7-,8+,9-/m1/s1. The molecule has 0 saturated heterocycles. The number of allylic oxidation sites excluding steroid dienone is 1. The van der Waals surface area contributed by atoms with Gasteiger partial charge in [0, 0.05) is 0 Å². The number of hydrogen-bond acceptors (Lipinski definition) is 1. The molecule has 1 heteroatoms. The van der Waals surface area contributed by atoms with Gasteiger partial charge in [-0.3, -0.25) is 0 Å². The van der Waals surface area contributed by atoms with Crippen LogP contribution in [0.5, 0.6) is 0 Å². The fourth-order valence-corrected chi connectivity index (χ4v) is 2.48. The van der Waals surface area contributed by atoms with Gasteiger partial charge in [-0.1, -0.05) is 12.2 Å². The summed E-state index contributed by atoms with van der Waals surface area (Å²) in [5, 5.41) is 9.48. The summed E-state index contributed by atoms with van der Waals surface area (Å²) in [5.74, 6) is 1.25. The van der Waals surface area contributed by atoms with Gasteiger partial charge in [-0.2, -0.15) is 0 Å². The van der Waals surface area contributed by atoms with E-state index < -0.39 is 0 Å². The second-order valence-electron chi connectivity index (χ2n) is 3.61. The van der Waals surface area contributed by atoms with Crippen molar-refractivity contribution in [2.75, 3.05) is 0 Å². The van der Waals surface area contributed by atoms with Crippen LogP contribution in [0.2, 0.25) is 0 Å². The largest absolute Gasteiger partial charge is 0.393 e. The van der Waals surface area contributed by atoms with Crippen molar-refractivity contribution in [1.82, 2.24) is 0 Å². The minimum Gasteiger partial charge on any atom is -0.393 e. The highest BCUT2D eigenvalue weighted by Gasteiger charge is 2.39. The fourth-order valence-electron chi connectivity index (χ4n) is 2.48. The molecule has 2 fully saturated rings. The van der Waals surface area contributed by atoms with Crippen molar-refractivity contribution in [3.05, 3.63) is 12.2 Å². The molecule has 2 rings (SSSR count). The first kappa shape index (κ1) is 6.41. The smallest absolute Gasteiger partial charge is 0.0574 e. The number of rotatable bonds is 0. The van der Waals surface area contributed by atoms with Crippen molar-refractivity contribution in [3.8, 4) is 0 Å². The Morgan fingerprint density at radius 1 is 1.30 bits per heavy atom. The van der Waals surface area contributed by atoms with E-state index in [9.17, 15) is 5.11 Å². The number of fused-ring (bicyclic) bond motifs is 1. The van der Waals surface area contributed by atoms with E-state index in [2.05, 4.69) is 6.58 Å². The van der Waals surface area contributed by atoms with Crippen molar-refractivity contribution in [2.45, 2.75) is 31.8 Å². The first-order chi connectivity index (χ1) is 4.79. The number of hydrogen-bond donors (Lipinski definition) is 1. The van der Waals surface area contributed by atoms with Crippen LogP contribution in [0.1, 0.15) is 25.7 Å². The molecule has 3 atom stereocenters. The Kier molecular flexibility index (Phi) is 1.34. The van der Waals surface area contributed by atoms with Gasteiger partial charge in [0.15, 0.2) is 0 Å². The highest BCUT2D eigenvalue weighted by molar-refractivity contribution is 5.13. The second-order valence-corrected chi connectivity index (χ2v) is 3.61. The molecule has 0 aromatic carbocycles. The highest BCUT2D eigenvalue weighted by atomic mass is 16.3. The molecule has 0 unspecified atom stereocenters. The van der Waals surface area contributed by atoms with E-state index in [1.165, 1.54) is 18.4 Å². The predicted molar refractivity (Wildman–Crippen MR) is 40.6 cm³/mol. The topological polar surface area (TPSA) is 20.2 Å². The van der Waals surface area contributed by atoms with E-state index in [-0.39, 0.29) is 6.10 Å². The zero-order valence-corrected chi connectivity index (χ0v) is 6.21. The van der Waals surface area contributed by atoms with Gasteiger partial charge in [-0.25, -0.2) is 0 Å². The van der Waals surface area contributed by atoms with Gasteiger partial charge in [0.1, 0.15) is 0 Å². The van der Waals surface area contributed by atoms with Crippen LogP contribution < -0.4 is 0 Å². The monoisotopic (exact) mass is 138 g/mol. The third kappa shape index (κ3) is 0.734. The third-order valence-electron chi connectivity index (χ3n) is 3.11. The highest BCUT2D eigenvalue weighted by Crippen LogP contribution is 2.46. The maximum atomic E-state index is 9.48. The predicted octanol–water partition coefficient (Wildman–Crippen LogP) is 1.72. The van der Waals surface area contributed by atoms with Crippen LogP contribution in [0.3, 0.4) is 0 Å². The Hall–Kier alpha value is -0.300. The molecule has 0 spiro atoms. The summed E-state index contributed by atoms with van der Waals surface area (Å²) in [4.78, 5) is 0. The van der Waals surface area contributed by atoms with E-state index in [1.807, 2.05) is 0 Å². The van der Waals surface area contributed by atoms with Crippen LogP contribution in [0.4, 0.5) is 0 Å². The molecule has 0 aromatic rings. The van der Waals surface area contributed by atoms with Crippen LogP contribution >= 0.6 is 0 Å². The minimum atomic E-state index is -0.00995. The Morgan fingerprint density at radius 3 is 2.80 bits per heavy atom.